The Morgan fingerprint density at radius 2 is 1.91 bits per heavy atom. The maximum atomic E-state index is 11.1. The summed E-state index contributed by atoms with van der Waals surface area (Å²) in [6.45, 7) is 5.92. The van der Waals surface area contributed by atoms with Gasteiger partial charge in [0.05, 0.1) is 6.61 Å². The van der Waals surface area contributed by atoms with E-state index in [-0.39, 0.29) is 17.9 Å². The summed E-state index contributed by atoms with van der Waals surface area (Å²) >= 11 is 0. The SMILES string of the molecule is CC(C)(C)C(=O)NCCC[O]. The zero-order valence-electron chi connectivity index (χ0n) is 7.44. The monoisotopic (exact) mass is 158 g/mol. The number of hydrogen-bond acceptors (Lipinski definition) is 1. The van der Waals surface area contributed by atoms with E-state index in [1.54, 1.807) is 0 Å². The number of amides is 1. The van der Waals surface area contributed by atoms with E-state index < -0.39 is 0 Å². The van der Waals surface area contributed by atoms with Crippen LogP contribution in [-0.4, -0.2) is 19.1 Å². The lowest BCUT2D eigenvalue weighted by atomic mass is 9.96. The van der Waals surface area contributed by atoms with Crippen LogP contribution in [0.4, 0.5) is 0 Å². The fraction of sp³-hybridized carbons (Fsp3) is 0.875. The Morgan fingerprint density at radius 3 is 2.27 bits per heavy atom. The predicted molar refractivity (Wildman–Crippen MR) is 42.6 cm³/mol. The van der Waals surface area contributed by atoms with Crippen molar-refractivity contribution in [3.63, 3.8) is 0 Å². The van der Waals surface area contributed by atoms with E-state index in [1.807, 2.05) is 20.8 Å². The maximum absolute atomic E-state index is 11.1. The van der Waals surface area contributed by atoms with Gasteiger partial charge in [0.25, 0.3) is 0 Å². The molecule has 0 aromatic heterocycles. The molecule has 11 heavy (non-hydrogen) atoms. The minimum Gasteiger partial charge on any atom is -0.356 e. The van der Waals surface area contributed by atoms with Crippen LogP contribution in [0.2, 0.25) is 0 Å². The Labute approximate surface area is 67.8 Å². The highest BCUT2D eigenvalue weighted by atomic mass is 16.3. The van der Waals surface area contributed by atoms with Crippen LogP contribution < -0.4 is 5.32 Å². The Morgan fingerprint density at radius 1 is 1.36 bits per heavy atom. The van der Waals surface area contributed by atoms with Crippen molar-refractivity contribution in [1.82, 2.24) is 5.32 Å². The molecule has 0 rings (SSSR count). The van der Waals surface area contributed by atoms with Crippen molar-refractivity contribution in [3.05, 3.63) is 0 Å². The van der Waals surface area contributed by atoms with Crippen molar-refractivity contribution in [2.75, 3.05) is 13.2 Å². The zero-order valence-corrected chi connectivity index (χ0v) is 7.44. The molecule has 65 valence electrons. The van der Waals surface area contributed by atoms with E-state index in [2.05, 4.69) is 5.32 Å². The molecule has 0 aliphatic heterocycles. The highest BCUT2D eigenvalue weighted by molar-refractivity contribution is 5.81. The first kappa shape index (κ1) is 10.4. The van der Waals surface area contributed by atoms with Gasteiger partial charge in [0.1, 0.15) is 0 Å². The van der Waals surface area contributed by atoms with Crippen LogP contribution in [0, 0.1) is 5.41 Å². The number of carbonyl (C=O) groups excluding carboxylic acids is 1. The molecule has 3 nitrogen and oxygen atoms in total. The van der Waals surface area contributed by atoms with Crippen molar-refractivity contribution in [2.45, 2.75) is 27.2 Å². The summed E-state index contributed by atoms with van der Waals surface area (Å²) in [6.07, 6.45) is 0.516. The molecule has 1 radical (unpaired) electrons. The molecule has 0 spiro atoms. The van der Waals surface area contributed by atoms with Crippen LogP contribution >= 0.6 is 0 Å². The lowest BCUT2D eigenvalue weighted by molar-refractivity contribution is -0.128. The third kappa shape index (κ3) is 4.79. The number of hydrogen-bond donors (Lipinski definition) is 1. The number of rotatable bonds is 3. The molecule has 3 heteroatoms. The predicted octanol–water partition coefficient (Wildman–Crippen LogP) is 0.969. The largest absolute Gasteiger partial charge is 0.356 e. The van der Waals surface area contributed by atoms with Gasteiger partial charge in [0, 0.05) is 12.0 Å². The Bertz CT molecular complexity index is 127. The molecule has 0 heterocycles. The molecule has 0 aliphatic rings. The molecule has 1 amide bonds. The van der Waals surface area contributed by atoms with Crippen LogP contribution in [0.1, 0.15) is 27.2 Å². The maximum Gasteiger partial charge on any atom is 0.225 e. The second-order valence-corrected chi connectivity index (χ2v) is 3.56. The minimum absolute atomic E-state index is 0.00551. The van der Waals surface area contributed by atoms with Crippen LogP contribution in [0.15, 0.2) is 0 Å². The van der Waals surface area contributed by atoms with Gasteiger partial charge in [-0.2, -0.15) is 0 Å². The first-order valence-electron chi connectivity index (χ1n) is 3.85. The van der Waals surface area contributed by atoms with Gasteiger partial charge in [-0.1, -0.05) is 20.8 Å². The number of nitrogens with one attached hydrogen (secondary N) is 1. The summed E-state index contributed by atoms with van der Waals surface area (Å²) in [5.74, 6) is 0.00551. The van der Waals surface area contributed by atoms with Gasteiger partial charge in [-0.25, -0.2) is 5.11 Å². The van der Waals surface area contributed by atoms with Crippen LogP contribution in [-0.2, 0) is 9.90 Å². The molecule has 0 fully saturated rings. The summed E-state index contributed by atoms with van der Waals surface area (Å²) in [4.78, 5) is 11.1. The lowest BCUT2D eigenvalue weighted by Gasteiger charge is -2.16. The second kappa shape index (κ2) is 4.34. The summed E-state index contributed by atoms with van der Waals surface area (Å²) in [7, 11) is 0. The normalized spacial score (nSPS) is 11.3. The van der Waals surface area contributed by atoms with E-state index >= 15 is 0 Å². The summed E-state index contributed by atoms with van der Waals surface area (Å²) < 4.78 is 0. The van der Waals surface area contributed by atoms with E-state index in [1.165, 1.54) is 0 Å². The van der Waals surface area contributed by atoms with Gasteiger partial charge in [-0.3, -0.25) is 4.79 Å². The third-order valence-corrected chi connectivity index (χ3v) is 1.29. The molecule has 0 saturated carbocycles. The Balaban J connectivity index is 3.54. The number of carbonyl (C=O) groups is 1. The second-order valence-electron chi connectivity index (χ2n) is 3.56. The van der Waals surface area contributed by atoms with Crippen molar-refractivity contribution in [1.29, 1.82) is 0 Å². The molecular weight excluding hydrogens is 142 g/mol. The zero-order chi connectivity index (χ0) is 8.91. The van der Waals surface area contributed by atoms with E-state index in [0.717, 1.165) is 0 Å². The fourth-order valence-electron chi connectivity index (χ4n) is 0.539. The van der Waals surface area contributed by atoms with Crippen molar-refractivity contribution >= 4 is 5.91 Å². The highest BCUT2D eigenvalue weighted by Gasteiger charge is 2.19. The van der Waals surface area contributed by atoms with Gasteiger partial charge in [-0.15, -0.1) is 0 Å². The Hall–Kier alpha value is -0.570. The molecule has 0 saturated heterocycles. The first-order valence-corrected chi connectivity index (χ1v) is 3.85. The van der Waals surface area contributed by atoms with Gasteiger partial charge in [0.15, 0.2) is 0 Å². The Kier molecular flexibility index (Phi) is 4.11. The quantitative estimate of drug-likeness (QED) is 0.611. The van der Waals surface area contributed by atoms with Gasteiger partial charge in [-0.05, 0) is 6.42 Å². The van der Waals surface area contributed by atoms with Crippen LogP contribution in [0.5, 0.6) is 0 Å². The molecule has 0 bridgehead atoms. The molecule has 0 aliphatic carbocycles. The van der Waals surface area contributed by atoms with E-state index in [0.29, 0.717) is 13.0 Å². The van der Waals surface area contributed by atoms with Gasteiger partial charge in [0.2, 0.25) is 5.91 Å². The molecule has 0 aromatic rings. The first-order chi connectivity index (χ1) is 4.98. The fourth-order valence-corrected chi connectivity index (χ4v) is 0.539. The van der Waals surface area contributed by atoms with Crippen molar-refractivity contribution in [3.8, 4) is 0 Å². The smallest absolute Gasteiger partial charge is 0.225 e. The van der Waals surface area contributed by atoms with Crippen LogP contribution in [0.25, 0.3) is 0 Å². The van der Waals surface area contributed by atoms with Crippen LogP contribution in [0.3, 0.4) is 0 Å². The van der Waals surface area contributed by atoms with Gasteiger partial charge < -0.3 is 5.32 Å². The topological polar surface area (TPSA) is 49.0 Å². The summed E-state index contributed by atoms with van der Waals surface area (Å²) in [5.41, 5.74) is -0.344. The highest BCUT2D eigenvalue weighted by Crippen LogP contribution is 2.11. The average molecular weight is 158 g/mol. The summed E-state index contributed by atoms with van der Waals surface area (Å²) in [5, 5.41) is 12.7. The van der Waals surface area contributed by atoms with Crippen molar-refractivity contribution in [2.24, 2.45) is 5.41 Å². The van der Waals surface area contributed by atoms with Gasteiger partial charge >= 0.3 is 0 Å². The summed E-state index contributed by atoms with van der Waals surface area (Å²) in [6, 6.07) is 0. The van der Waals surface area contributed by atoms with E-state index in [4.69, 9.17) is 0 Å². The molecule has 0 atom stereocenters. The standard InChI is InChI=1S/C8H16NO2/c1-8(2,3)7(11)9-5-4-6-10/h4-6H2,1-3H3,(H,9,11). The molecule has 0 aromatic carbocycles. The van der Waals surface area contributed by atoms with Crippen molar-refractivity contribution < 1.29 is 9.90 Å². The lowest BCUT2D eigenvalue weighted by Crippen LogP contribution is -2.35. The third-order valence-electron chi connectivity index (χ3n) is 1.29. The molecule has 1 N–H and O–H groups in total. The molecular formula is C8H16NO2. The molecule has 0 unspecified atom stereocenters. The average Bonchev–Trinajstić information content (AvgIpc) is 1.86. The van der Waals surface area contributed by atoms with E-state index in [9.17, 15) is 9.90 Å². The minimum atomic E-state index is -0.344.